The summed E-state index contributed by atoms with van der Waals surface area (Å²) >= 11 is 0. The van der Waals surface area contributed by atoms with Crippen LogP contribution in [0, 0.1) is 5.82 Å². The van der Waals surface area contributed by atoms with Gasteiger partial charge >= 0.3 is 0 Å². The second-order valence-electron chi connectivity index (χ2n) is 5.82. The van der Waals surface area contributed by atoms with E-state index in [1.807, 2.05) is 12.1 Å². The molecule has 1 fully saturated rings. The summed E-state index contributed by atoms with van der Waals surface area (Å²) in [7, 11) is 1.54. The fraction of sp³-hybridized carbons (Fsp3) is 0.333. The predicted molar refractivity (Wildman–Crippen MR) is 87.9 cm³/mol. The van der Waals surface area contributed by atoms with Crippen LogP contribution in [-0.2, 0) is 11.3 Å². The molecule has 2 heterocycles. The van der Waals surface area contributed by atoms with E-state index in [2.05, 4.69) is 15.6 Å². The van der Waals surface area contributed by atoms with Crippen LogP contribution < -0.4 is 15.4 Å². The molecule has 5 nitrogen and oxygen atoms in total. The van der Waals surface area contributed by atoms with Crippen LogP contribution in [0.5, 0.6) is 5.75 Å². The van der Waals surface area contributed by atoms with Gasteiger partial charge in [-0.25, -0.2) is 4.39 Å². The van der Waals surface area contributed by atoms with Crippen molar-refractivity contribution in [2.45, 2.75) is 31.5 Å². The Balaban J connectivity index is 1.80. The van der Waals surface area contributed by atoms with Crippen molar-refractivity contribution in [2.75, 3.05) is 7.11 Å². The largest absolute Gasteiger partial charge is 0.497 e. The summed E-state index contributed by atoms with van der Waals surface area (Å²) in [5, 5.41) is 6.31. The maximum Gasteiger partial charge on any atom is 0.220 e. The van der Waals surface area contributed by atoms with E-state index in [4.69, 9.17) is 4.74 Å². The quantitative estimate of drug-likeness (QED) is 0.884. The number of hydrogen-bond acceptors (Lipinski definition) is 4. The third kappa shape index (κ3) is 3.71. The number of methoxy groups -OCH3 is 1. The second kappa shape index (κ2) is 7.40. The van der Waals surface area contributed by atoms with E-state index >= 15 is 0 Å². The van der Waals surface area contributed by atoms with Gasteiger partial charge in [0.1, 0.15) is 11.6 Å². The lowest BCUT2D eigenvalue weighted by molar-refractivity contribution is -0.123. The van der Waals surface area contributed by atoms with E-state index in [0.29, 0.717) is 30.7 Å². The van der Waals surface area contributed by atoms with Crippen molar-refractivity contribution in [1.29, 1.82) is 0 Å². The first-order chi connectivity index (χ1) is 11.7. The van der Waals surface area contributed by atoms with E-state index in [1.54, 1.807) is 24.5 Å². The molecule has 1 amide bonds. The molecule has 1 aromatic heterocycles. The van der Waals surface area contributed by atoms with Crippen molar-refractivity contribution in [2.24, 2.45) is 0 Å². The average Bonchev–Trinajstić information content (AvgIpc) is 2.62. The molecule has 1 saturated heterocycles. The van der Waals surface area contributed by atoms with Gasteiger partial charge in [0.05, 0.1) is 13.2 Å². The number of piperidine rings is 1. The number of pyridine rings is 1. The summed E-state index contributed by atoms with van der Waals surface area (Å²) in [5.74, 6) is 0.148. The monoisotopic (exact) mass is 329 g/mol. The SMILES string of the molecule is COc1ccc(F)c([C@@H]2NC(=O)CC[C@H]2NCc2cccnc2)c1. The number of hydrogen-bond donors (Lipinski definition) is 2. The molecule has 0 spiro atoms. The number of nitrogens with zero attached hydrogens (tertiary/aromatic N) is 1. The molecule has 3 rings (SSSR count). The average molecular weight is 329 g/mol. The highest BCUT2D eigenvalue weighted by Crippen LogP contribution is 2.29. The van der Waals surface area contributed by atoms with Crippen LogP contribution in [0.4, 0.5) is 4.39 Å². The topological polar surface area (TPSA) is 63.2 Å². The highest BCUT2D eigenvalue weighted by molar-refractivity contribution is 5.77. The van der Waals surface area contributed by atoms with E-state index in [-0.39, 0.29) is 17.8 Å². The first kappa shape index (κ1) is 16.4. The number of halogens is 1. The molecular formula is C18H20FN3O2. The van der Waals surface area contributed by atoms with Crippen LogP contribution in [0.25, 0.3) is 0 Å². The van der Waals surface area contributed by atoms with E-state index in [1.165, 1.54) is 13.2 Å². The van der Waals surface area contributed by atoms with Crippen LogP contribution in [0.2, 0.25) is 0 Å². The Bertz CT molecular complexity index is 709. The smallest absolute Gasteiger partial charge is 0.220 e. The van der Waals surface area contributed by atoms with Gasteiger partial charge in [-0.05, 0) is 36.2 Å². The van der Waals surface area contributed by atoms with Gasteiger partial charge in [0, 0.05) is 37.0 Å². The Morgan fingerprint density at radius 3 is 3.04 bits per heavy atom. The Labute approximate surface area is 140 Å². The summed E-state index contributed by atoms with van der Waals surface area (Å²) in [4.78, 5) is 15.9. The van der Waals surface area contributed by atoms with Crippen LogP contribution in [0.15, 0.2) is 42.7 Å². The lowest BCUT2D eigenvalue weighted by atomic mass is 9.91. The number of ether oxygens (including phenoxy) is 1. The zero-order valence-corrected chi connectivity index (χ0v) is 13.5. The molecule has 2 atom stereocenters. The van der Waals surface area contributed by atoms with Crippen molar-refractivity contribution in [3.63, 3.8) is 0 Å². The van der Waals surface area contributed by atoms with Crippen molar-refractivity contribution >= 4 is 5.91 Å². The summed E-state index contributed by atoms with van der Waals surface area (Å²) in [5.41, 5.74) is 1.48. The molecule has 24 heavy (non-hydrogen) atoms. The van der Waals surface area contributed by atoms with Gasteiger partial charge in [-0.15, -0.1) is 0 Å². The van der Waals surface area contributed by atoms with Crippen LogP contribution in [0.3, 0.4) is 0 Å². The molecule has 6 heteroatoms. The van der Waals surface area contributed by atoms with Crippen molar-refractivity contribution < 1.29 is 13.9 Å². The summed E-state index contributed by atoms with van der Waals surface area (Å²) in [6, 6.07) is 7.93. The molecule has 1 aliphatic rings. The highest BCUT2D eigenvalue weighted by Gasteiger charge is 2.31. The fourth-order valence-corrected chi connectivity index (χ4v) is 2.95. The Morgan fingerprint density at radius 1 is 1.42 bits per heavy atom. The molecule has 0 bridgehead atoms. The third-order valence-corrected chi connectivity index (χ3v) is 4.23. The molecule has 0 aliphatic carbocycles. The highest BCUT2D eigenvalue weighted by atomic mass is 19.1. The molecule has 2 aromatic rings. The summed E-state index contributed by atoms with van der Waals surface area (Å²) in [6.45, 7) is 0.608. The number of aromatic nitrogens is 1. The molecule has 2 N–H and O–H groups in total. The lowest BCUT2D eigenvalue weighted by Gasteiger charge is -2.33. The van der Waals surface area contributed by atoms with E-state index in [9.17, 15) is 9.18 Å². The van der Waals surface area contributed by atoms with E-state index < -0.39 is 6.04 Å². The minimum Gasteiger partial charge on any atom is -0.497 e. The van der Waals surface area contributed by atoms with E-state index in [0.717, 1.165) is 5.56 Å². The first-order valence-corrected chi connectivity index (χ1v) is 7.92. The van der Waals surface area contributed by atoms with Gasteiger partial charge in [-0.2, -0.15) is 0 Å². The number of nitrogens with one attached hydrogen (secondary N) is 2. The van der Waals surface area contributed by atoms with Crippen LogP contribution in [-0.4, -0.2) is 24.0 Å². The Hall–Kier alpha value is -2.47. The van der Waals surface area contributed by atoms with Gasteiger partial charge in [0.15, 0.2) is 0 Å². The minimum absolute atomic E-state index is 0.0653. The molecule has 1 aromatic carbocycles. The zero-order valence-electron chi connectivity index (χ0n) is 13.5. The second-order valence-corrected chi connectivity index (χ2v) is 5.82. The lowest BCUT2D eigenvalue weighted by Crippen LogP contribution is -2.48. The fourth-order valence-electron chi connectivity index (χ4n) is 2.95. The number of amides is 1. The standard InChI is InChI=1S/C18H20FN3O2/c1-24-13-4-5-15(19)14(9-13)18-16(6-7-17(23)22-18)21-11-12-3-2-8-20-10-12/h2-5,8-10,16,18,21H,6-7,11H2,1H3,(H,22,23)/t16-,18+/m1/s1. The van der Waals surface area contributed by atoms with Gasteiger partial charge in [-0.3, -0.25) is 9.78 Å². The summed E-state index contributed by atoms with van der Waals surface area (Å²) in [6.07, 6.45) is 4.58. The molecular weight excluding hydrogens is 309 g/mol. The Kier molecular flexibility index (Phi) is 5.05. The third-order valence-electron chi connectivity index (χ3n) is 4.23. The number of benzene rings is 1. The molecule has 1 aliphatic heterocycles. The maximum atomic E-state index is 14.3. The van der Waals surface area contributed by atoms with Crippen molar-refractivity contribution in [1.82, 2.24) is 15.6 Å². The molecule has 0 unspecified atom stereocenters. The van der Waals surface area contributed by atoms with Crippen molar-refractivity contribution in [3.05, 3.63) is 59.7 Å². The molecule has 0 saturated carbocycles. The molecule has 126 valence electrons. The van der Waals surface area contributed by atoms with Gasteiger partial charge in [-0.1, -0.05) is 6.07 Å². The normalized spacial score (nSPS) is 20.5. The maximum absolute atomic E-state index is 14.3. The van der Waals surface area contributed by atoms with Crippen LogP contribution in [0.1, 0.15) is 30.0 Å². The molecule has 0 radical (unpaired) electrons. The number of carbonyl (C=O) groups is 1. The summed E-state index contributed by atoms with van der Waals surface area (Å²) < 4.78 is 19.5. The van der Waals surface area contributed by atoms with Gasteiger partial charge in [0.2, 0.25) is 5.91 Å². The number of rotatable bonds is 5. The zero-order chi connectivity index (χ0) is 16.9. The minimum atomic E-state index is -0.432. The number of carbonyl (C=O) groups excluding carboxylic acids is 1. The van der Waals surface area contributed by atoms with Crippen molar-refractivity contribution in [3.8, 4) is 5.75 Å². The van der Waals surface area contributed by atoms with Crippen LogP contribution >= 0.6 is 0 Å². The first-order valence-electron chi connectivity index (χ1n) is 7.92. The van der Waals surface area contributed by atoms with Gasteiger partial charge < -0.3 is 15.4 Å². The Morgan fingerprint density at radius 2 is 2.29 bits per heavy atom. The predicted octanol–water partition coefficient (Wildman–Crippen LogP) is 2.34. The van der Waals surface area contributed by atoms with Gasteiger partial charge in [0.25, 0.3) is 0 Å².